The van der Waals surface area contributed by atoms with Crippen molar-refractivity contribution in [1.29, 1.82) is 0 Å². The maximum absolute atomic E-state index is 5.88. The van der Waals surface area contributed by atoms with E-state index >= 15 is 0 Å². The quantitative estimate of drug-likeness (QED) is 0.878. The van der Waals surface area contributed by atoms with Gasteiger partial charge in [-0.25, -0.2) is 4.98 Å². The van der Waals surface area contributed by atoms with Gasteiger partial charge in [0.15, 0.2) is 5.13 Å². The summed E-state index contributed by atoms with van der Waals surface area (Å²) in [5.41, 5.74) is 0. The van der Waals surface area contributed by atoms with E-state index in [0.717, 1.165) is 14.1 Å². The van der Waals surface area contributed by atoms with Crippen molar-refractivity contribution in [2.45, 2.75) is 13.0 Å². The van der Waals surface area contributed by atoms with Gasteiger partial charge in [0, 0.05) is 10.3 Å². The van der Waals surface area contributed by atoms with E-state index < -0.39 is 0 Å². The second-order valence-corrected chi connectivity index (χ2v) is 6.40. The Bertz CT molecular complexity index is 454. The standard InChI is InChI=1S/C9H8BrClN2S2/c1-5(6-2-3-8(11)15-6)12-9-13-7(10)4-14-9/h2-5H,1H3,(H,12,13). The molecule has 2 rings (SSSR count). The molecular formula is C9H8BrClN2S2. The average Bonchev–Trinajstić information content (AvgIpc) is 2.75. The first kappa shape index (κ1) is 11.4. The summed E-state index contributed by atoms with van der Waals surface area (Å²) in [6, 6.07) is 4.19. The molecule has 0 saturated heterocycles. The third-order valence-corrected chi connectivity index (χ3v) is 4.73. The van der Waals surface area contributed by atoms with Crippen molar-refractivity contribution in [1.82, 2.24) is 4.98 Å². The Balaban J connectivity index is 2.06. The van der Waals surface area contributed by atoms with Crippen molar-refractivity contribution in [3.63, 3.8) is 0 Å². The van der Waals surface area contributed by atoms with E-state index in [0.29, 0.717) is 0 Å². The Morgan fingerprint density at radius 3 is 2.87 bits per heavy atom. The highest BCUT2D eigenvalue weighted by Gasteiger charge is 2.09. The van der Waals surface area contributed by atoms with E-state index in [1.807, 2.05) is 17.5 Å². The van der Waals surface area contributed by atoms with Crippen LogP contribution in [-0.4, -0.2) is 4.98 Å². The molecule has 15 heavy (non-hydrogen) atoms. The van der Waals surface area contributed by atoms with Gasteiger partial charge in [-0.3, -0.25) is 0 Å². The summed E-state index contributed by atoms with van der Waals surface area (Å²) in [5.74, 6) is 0. The fourth-order valence-electron chi connectivity index (χ4n) is 1.14. The van der Waals surface area contributed by atoms with E-state index in [1.54, 1.807) is 22.7 Å². The number of rotatable bonds is 3. The molecule has 0 aliphatic carbocycles. The minimum Gasteiger partial charge on any atom is -0.354 e. The molecule has 2 aromatic rings. The van der Waals surface area contributed by atoms with Gasteiger partial charge < -0.3 is 5.32 Å². The number of hydrogen-bond acceptors (Lipinski definition) is 4. The molecule has 1 N–H and O–H groups in total. The molecule has 0 radical (unpaired) electrons. The lowest BCUT2D eigenvalue weighted by molar-refractivity contribution is 0.903. The van der Waals surface area contributed by atoms with E-state index in [4.69, 9.17) is 11.6 Å². The Morgan fingerprint density at radius 2 is 2.33 bits per heavy atom. The van der Waals surface area contributed by atoms with Crippen LogP contribution >= 0.6 is 50.2 Å². The topological polar surface area (TPSA) is 24.9 Å². The van der Waals surface area contributed by atoms with E-state index in [1.165, 1.54) is 4.88 Å². The van der Waals surface area contributed by atoms with Crippen LogP contribution in [0.2, 0.25) is 4.34 Å². The third-order valence-electron chi connectivity index (χ3n) is 1.84. The molecule has 0 saturated carbocycles. The molecule has 2 heterocycles. The zero-order chi connectivity index (χ0) is 10.8. The summed E-state index contributed by atoms with van der Waals surface area (Å²) in [5, 5.41) is 6.19. The molecule has 0 aliphatic heterocycles. The first-order valence-corrected chi connectivity index (χ1v) is 7.14. The highest BCUT2D eigenvalue weighted by molar-refractivity contribution is 9.10. The number of nitrogens with zero attached hydrogens (tertiary/aromatic N) is 1. The van der Waals surface area contributed by atoms with Crippen molar-refractivity contribution in [2.24, 2.45) is 0 Å². The second kappa shape index (κ2) is 4.82. The minimum atomic E-state index is 0.237. The molecule has 2 aromatic heterocycles. The Morgan fingerprint density at radius 1 is 1.53 bits per heavy atom. The lowest BCUT2D eigenvalue weighted by atomic mass is 10.3. The van der Waals surface area contributed by atoms with Crippen molar-refractivity contribution < 1.29 is 0 Å². The smallest absolute Gasteiger partial charge is 0.184 e. The molecule has 2 nitrogen and oxygen atoms in total. The molecule has 0 amide bonds. The van der Waals surface area contributed by atoms with E-state index in [-0.39, 0.29) is 6.04 Å². The number of nitrogens with one attached hydrogen (secondary N) is 1. The summed E-state index contributed by atoms with van der Waals surface area (Å²) in [6.07, 6.45) is 0. The van der Waals surface area contributed by atoms with Crippen LogP contribution in [0, 0.1) is 0 Å². The maximum Gasteiger partial charge on any atom is 0.184 e. The van der Waals surface area contributed by atoms with Gasteiger partial charge in [0.05, 0.1) is 10.4 Å². The monoisotopic (exact) mass is 322 g/mol. The van der Waals surface area contributed by atoms with Crippen LogP contribution in [0.5, 0.6) is 0 Å². The van der Waals surface area contributed by atoms with Crippen molar-refractivity contribution in [2.75, 3.05) is 5.32 Å². The number of thiazole rings is 1. The lowest BCUT2D eigenvalue weighted by Crippen LogP contribution is -2.04. The molecule has 1 atom stereocenters. The average molecular weight is 324 g/mol. The number of aromatic nitrogens is 1. The summed E-state index contributed by atoms with van der Waals surface area (Å²) in [7, 11) is 0. The highest BCUT2D eigenvalue weighted by Crippen LogP contribution is 2.30. The summed E-state index contributed by atoms with van der Waals surface area (Å²) < 4.78 is 1.69. The van der Waals surface area contributed by atoms with Gasteiger partial charge in [0.1, 0.15) is 4.60 Å². The summed E-state index contributed by atoms with van der Waals surface area (Å²) in [4.78, 5) is 5.49. The van der Waals surface area contributed by atoms with Crippen molar-refractivity contribution in [3.05, 3.63) is 31.3 Å². The zero-order valence-corrected chi connectivity index (χ0v) is 11.8. The minimum absolute atomic E-state index is 0.237. The fourth-order valence-corrected chi connectivity index (χ4v) is 3.43. The van der Waals surface area contributed by atoms with Crippen LogP contribution in [0.25, 0.3) is 0 Å². The number of hydrogen-bond donors (Lipinski definition) is 1. The first-order valence-electron chi connectivity index (χ1n) is 4.28. The SMILES string of the molecule is CC(Nc1nc(Br)cs1)c1ccc(Cl)s1. The Kier molecular flexibility index (Phi) is 3.66. The molecule has 0 bridgehead atoms. The molecule has 6 heteroatoms. The highest BCUT2D eigenvalue weighted by atomic mass is 79.9. The predicted octanol–water partition coefficient (Wildman–Crippen LogP) is 4.79. The van der Waals surface area contributed by atoms with Gasteiger partial charge in [0.2, 0.25) is 0 Å². The Labute approximate surface area is 109 Å². The van der Waals surface area contributed by atoms with Gasteiger partial charge in [-0.15, -0.1) is 22.7 Å². The van der Waals surface area contributed by atoms with Gasteiger partial charge in [-0.1, -0.05) is 11.6 Å². The summed E-state index contributed by atoms with van der Waals surface area (Å²) in [6.45, 7) is 2.09. The zero-order valence-electron chi connectivity index (χ0n) is 7.83. The van der Waals surface area contributed by atoms with Crippen molar-refractivity contribution >= 4 is 55.3 Å². The van der Waals surface area contributed by atoms with Crippen LogP contribution in [0.1, 0.15) is 17.8 Å². The van der Waals surface area contributed by atoms with E-state index in [9.17, 15) is 0 Å². The number of anilines is 1. The van der Waals surface area contributed by atoms with E-state index in [2.05, 4.69) is 33.2 Å². The molecule has 1 unspecified atom stereocenters. The van der Waals surface area contributed by atoms with Crippen molar-refractivity contribution in [3.8, 4) is 0 Å². The van der Waals surface area contributed by atoms with Crippen LogP contribution < -0.4 is 5.32 Å². The number of halogens is 2. The predicted molar refractivity (Wildman–Crippen MR) is 71.2 cm³/mol. The molecule has 0 spiro atoms. The molecule has 80 valence electrons. The van der Waals surface area contributed by atoms with Crippen LogP contribution in [0.15, 0.2) is 22.1 Å². The lowest BCUT2D eigenvalue weighted by Gasteiger charge is -2.09. The third kappa shape index (κ3) is 2.93. The van der Waals surface area contributed by atoms with Crippen LogP contribution in [-0.2, 0) is 0 Å². The molecule has 0 fully saturated rings. The molecule has 0 aliphatic rings. The van der Waals surface area contributed by atoms with Gasteiger partial charge in [-0.05, 0) is 35.0 Å². The molecule has 0 aromatic carbocycles. The summed E-state index contributed by atoms with van der Waals surface area (Å²) >= 11 is 12.4. The number of thiophene rings is 1. The van der Waals surface area contributed by atoms with Gasteiger partial charge in [0.25, 0.3) is 0 Å². The maximum atomic E-state index is 5.88. The first-order chi connectivity index (χ1) is 7.15. The Hall–Kier alpha value is -0.100. The normalized spacial score (nSPS) is 12.7. The van der Waals surface area contributed by atoms with Gasteiger partial charge >= 0.3 is 0 Å². The largest absolute Gasteiger partial charge is 0.354 e. The fraction of sp³-hybridized carbons (Fsp3) is 0.222. The van der Waals surface area contributed by atoms with Crippen LogP contribution in [0.3, 0.4) is 0 Å². The molecular weight excluding hydrogens is 316 g/mol. The van der Waals surface area contributed by atoms with Gasteiger partial charge in [-0.2, -0.15) is 0 Å². The van der Waals surface area contributed by atoms with Crippen LogP contribution in [0.4, 0.5) is 5.13 Å². The second-order valence-electron chi connectivity index (χ2n) is 2.98.